The van der Waals surface area contributed by atoms with E-state index in [-0.39, 0.29) is 0 Å². The van der Waals surface area contributed by atoms with Crippen molar-refractivity contribution in [2.75, 3.05) is 44.7 Å². The zero-order chi connectivity index (χ0) is 15.2. The smallest absolute Gasteiger partial charge is 0.119 e. The van der Waals surface area contributed by atoms with Crippen molar-refractivity contribution in [1.82, 2.24) is 4.90 Å². The highest BCUT2D eigenvalue weighted by atomic mass is 16.5. The summed E-state index contributed by atoms with van der Waals surface area (Å²) in [5, 5.41) is 0. The molecular weight excluding hydrogens is 262 g/mol. The van der Waals surface area contributed by atoms with Gasteiger partial charge in [-0.2, -0.15) is 0 Å². The van der Waals surface area contributed by atoms with Gasteiger partial charge >= 0.3 is 0 Å². The molecule has 2 atom stereocenters. The van der Waals surface area contributed by atoms with Crippen molar-refractivity contribution in [3.8, 4) is 5.75 Å². The quantitative estimate of drug-likeness (QED) is 0.872. The summed E-state index contributed by atoms with van der Waals surface area (Å²) >= 11 is 0. The van der Waals surface area contributed by atoms with E-state index in [1.165, 1.54) is 5.69 Å². The van der Waals surface area contributed by atoms with E-state index in [2.05, 4.69) is 35.8 Å². The van der Waals surface area contributed by atoms with Crippen molar-refractivity contribution in [3.05, 3.63) is 24.3 Å². The Morgan fingerprint density at radius 3 is 2.29 bits per heavy atom. The van der Waals surface area contributed by atoms with Crippen molar-refractivity contribution < 1.29 is 4.74 Å². The monoisotopic (exact) mass is 291 g/mol. The minimum Gasteiger partial charge on any atom is -0.497 e. The van der Waals surface area contributed by atoms with Gasteiger partial charge in [0.05, 0.1) is 7.11 Å². The van der Waals surface area contributed by atoms with Crippen LogP contribution in [0.3, 0.4) is 0 Å². The highest BCUT2D eigenvalue weighted by molar-refractivity contribution is 5.49. The van der Waals surface area contributed by atoms with E-state index in [1.807, 2.05) is 12.1 Å². The summed E-state index contributed by atoms with van der Waals surface area (Å²) in [5.41, 5.74) is 7.55. The van der Waals surface area contributed by atoms with Crippen LogP contribution in [0.25, 0.3) is 0 Å². The molecular formula is C17H29N3O. The fourth-order valence-electron chi connectivity index (χ4n) is 2.76. The van der Waals surface area contributed by atoms with Gasteiger partial charge in [0.2, 0.25) is 0 Å². The number of rotatable bonds is 6. The number of nitrogens with zero attached hydrogens (tertiary/aromatic N) is 2. The Hall–Kier alpha value is -1.26. The molecule has 2 N–H and O–H groups in total. The van der Waals surface area contributed by atoms with E-state index >= 15 is 0 Å². The van der Waals surface area contributed by atoms with Gasteiger partial charge in [-0.25, -0.2) is 0 Å². The molecule has 1 fully saturated rings. The van der Waals surface area contributed by atoms with Crippen LogP contribution >= 0.6 is 0 Å². The third-order valence-electron chi connectivity index (χ3n) is 4.65. The summed E-state index contributed by atoms with van der Waals surface area (Å²) < 4.78 is 5.21. The standard InChI is InChI=1S/C17H29N3O/c1-4-14(2)17(18)13-19-9-11-20(12-10-19)15-5-7-16(21-3)8-6-15/h5-8,14,17H,4,9-13,18H2,1-3H3. The molecule has 0 amide bonds. The summed E-state index contributed by atoms with van der Waals surface area (Å²) in [5.74, 6) is 1.52. The molecule has 0 spiro atoms. The first kappa shape index (κ1) is 16.1. The molecule has 2 rings (SSSR count). The normalized spacial score (nSPS) is 19.3. The summed E-state index contributed by atoms with van der Waals surface area (Å²) in [6, 6.07) is 8.63. The van der Waals surface area contributed by atoms with Crippen LogP contribution in [0.5, 0.6) is 5.75 Å². The van der Waals surface area contributed by atoms with Crippen LogP contribution in [-0.2, 0) is 0 Å². The predicted octanol–water partition coefficient (Wildman–Crippen LogP) is 2.19. The van der Waals surface area contributed by atoms with Gasteiger partial charge in [0.1, 0.15) is 5.75 Å². The van der Waals surface area contributed by atoms with Crippen molar-refractivity contribution in [3.63, 3.8) is 0 Å². The summed E-state index contributed by atoms with van der Waals surface area (Å²) in [6.45, 7) is 9.81. The summed E-state index contributed by atoms with van der Waals surface area (Å²) in [6.07, 6.45) is 1.16. The van der Waals surface area contributed by atoms with E-state index in [9.17, 15) is 0 Å². The molecule has 1 aromatic carbocycles. The first-order chi connectivity index (χ1) is 10.1. The topological polar surface area (TPSA) is 41.7 Å². The van der Waals surface area contributed by atoms with Gasteiger partial charge in [-0.05, 0) is 30.2 Å². The van der Waals surface area contributed by atoms with E-state index in [1.54, 1.807) is 7.11 Å². The lowest BCUT2D eigenvalue weighted by atomic mass is 9.99. The molecule has 0 radical (unpaired) electrons. The molecule has 4 nitrogen and oxygen atoms in total. The Labute approximate surface area is 128 Å². The largest absolute Gasteiger partial charge is 0.497 e. The maximum Gasteiger partial charge on any atom is 0.119 e. The number of piperazine rings is 1. The van der Waals surface area contributed by atoms with Gasteiger partial charge in [-0.1, -0.05) is 20.3 Å². The predicted molar refractivity (Wildman–Crippen MR) is 89.1 cm³/mol. The number of benzene rings is 1. The molecule has 0 bridgehead atoms. The number of nitrogens with two attached hydrogens (primary N) is 1. The molecule has 4 heteroatoms. The average molecular weight is 291 g/mol. The molecule has 118 valence electrons. The number of methoxy groups -OCH3 is 1. The summed E-state index contributed by atoms with van der Waals surface area (Å²) in [7, 11) is 1.70. The first-order valence-electron chi connectivity index (χ1n) is 8.01. The molecule has 0 saturated carbocycles. The van der Waals surface area contributed by atoms with Crippen molar-refractivity contribution >= 4 is 5.69 Å². The van der Waals surface area contributed by atoms with Crippen LogP contribution in [0.4, 0.5) is 5.69 Å². The molecule has 1 aliphatic heterocycles. The molecule has 21 heavy (non-hydrogen) atoms. The molecule has 1 aromatic rings. The number of anilines is 1. The van der Waals surface area contributed by atoms with Crippen LogP contribution in [0.2, 0.25) is 0 Å². The van der Waals surface area contributed by atoms with E-state index in [0.717, 1.165) is 44.9 Å². The van der Waals surface area contributed by atoms with Gasteiger partial charge in [0.15, 0.2) is 0 Å². The van der Waals surface area contributed by atoms with E-state index < -0.39 is 0 Å². The van der Waals surface area contributed by atoms with Crippen LogP contribution < -0.4 is 15.4 Å². The molecule has 1 aliphatic rings. The Morgan fingerprint density at radius 1 is 1.14 bits per heavy atom. The second-order valence-electron chi connectivity index (χ2n) is 6.04. The minimum atomic E-state index is 0.294. The third-order valence-corrected chi connectivity index (χ3v) is 4.65. The second-order valence-corrected chi connectivity index (χ2v) is 6.04. The highest BCUT2D eigenvalue weighted by Crippen LogP contribution is 2.20. The lowest BCUT2D eigenvalue weighted by molar-refractivity contribution is 0.220. The Kier molecular flexibility index (Phi) is 5.88. The molecule has 1 heterocycles. The summed E-state index contributed by atoms with van der Waals surface area (Å²) in [4.78, 5) is 4.93. The number of hydrogen-bond donors (Lipinski definition) is 1. The van der Waals surface area contributed by atoms with E-state index in [0.29, 0.717) is 12.0 Å². The average Bonchev–Trinajstić information content (AvgIpc) is 2.55. The minimum absolute atomic E-state index is 0.294. The lowest BCUT2D eigenvalue weighted by Gasteiger charge is -2.37. The fourth-order valence-corrected chi connectivity index (χ4v) is 2.76. The third kappa shape index (κ3) is 4.35. The number of hydrogen-bond acceptors (Lipinski definition) is 4. The van der Waals surface area contributed by atoms with Crippen molar-refractivity contribution in [2.24, 2.45) is 11.7 Å². The van der Waals surface area contributed by atoms with Crippen molar-refractivity contribution in [1.29, 1.82) is 0 Å². The maximum atomic E-state index is 6.27. The first-order valence-corrected chi connectivity index (χ1v) is 8.01. The highest BCUT2D eigenvalue weighted by Gasteiger charge is 2.20. The maximum absolute atomic E-state index is 6.27. The SMILES string of the molecule is CCC(C)C(N)CN1CCN(c2ccc(OC)cc2)CC1. The second kappa shape index (κ2) is 7.66. The zero-order valence-electron chi connectivity index (χ0n) is 13.6. The van der Waals surface area contributed by atoms with Crippen LogP contribution in [-0.4, -0.2) is 50.8 Å². The fraction of sp³-hybridized carbons (Fsp3) is 0.647. The van der Waals surface area contributed by atoms with Crippen molar-refractivity contribution in [2.45, 2.75) is 26.3 Å². The zero-order valence-corrected chi connectivity index (χ0v) is 13.6. The Morgan fingerprint density at radius 2 is 1.76 bits per heavy atom. The molecule has 0 aromatic heterocycles. The number of ether oxygens (including phenoxy) is 1. The van der Waals surface area contributed by atoms with Gasteiger partial charge in [0, 0.05) is 44.5 Å². The Balaban J connectivity index is 1.82. The molecule has 2 unspecified atom stereocenters. The van der Waals surface area contributed by atoms with Gasteiger partial charge in [0.25, 0.3) is 0 Å². The van der Waals surface area contributed by atoms with Crippen LogP contribution in [0, 0.1) is 5.92 Å². The molecule has 1 saturated heterocycles. The van der Waals surface area contributed by atoms with Gasteiger partial charge < -0.3 is 15.4 Å². The van der Waals surface area contributed by atoms with Gasteiger partial charge in [-0.15, -0.1) is 0 Å². The molecule has 0 aliphatic carbocycles. The van der Waals surface area contributed by atoms with E-state index in [4.69, 9.17) is 10.5 Å². The lowest BCUT2D eigenvalue weighted by Crippen LogP contribution is -2.51. The Bertz CT molecular complexity index is 413. The van der Waals surface area contributed by atoms with Crippen LogP contribution in [0.1, 0.15) is 20.3 Å². The van der Waals surface area contributed by atoms with Gasteiger partial charge in [-0.3, -0.25) is 4.90 Å². The van der Waals surface area contributed by atoms with Crippen LogP contribution in [0.15, 0.2) is 24.3 Å².